The number of nitrogens with two attached hydrogens (primary N) is 1. The van der Waals surface area contributed by atoms with E-state index < -0.39 is 11.7 Å². The number of benzene rings is 1. The fourth-order valence-corrected chi connectivity index (χ4v) is 3.51. The van der Waals surface area contributed by atoms with Crippen LogP contribution in [0.5, 0.6) is 5.75 Å². The number of primary amides is 1. The second-order valence-corrected chi connectivity index (χ2v) is 6.90. The highest BCUT2D eigenvalue weighted by molar-refractivity contribution is 6.30. The van der Waals surface area contributed by atoms with E-state index >= 15 is 0 Å². The maximum Gasteiger partial charge on any atom is 0.302 e. The van der Waals surface area contributed by atoms with Gasteiger partial charge in [-0.1, -0.05) is 11.6 Å². The quantitative estimate of drug-likeness (QED) is 0.822. The van der Waals surface area contributed by atoms with Gasteiger partial charge in [-0.25, -0.2) is 4.39 Å². The zero-order chi connectivity index (χ0) is 18.4. The van der Waals surface area contributed by atoms with Crippen LogP contribution in [0.3, 0.4) is 0 Å². The SMILES string of the molecule is CC(=O)OC1CC2CCC1CC2.NC(=O)COc1ccc(Cl)c(F)c1. The summed E-state index contributed by atoms with van der Waals surface area (Å²) in [5.41, 5.74) is 4.82. The third-order valence-electron chi connectivity index (χ3n) is 4.57. The normalized spacial score (nSPS) is 24.0. The van der Waals surface area contributed by atoms with Crippen molar-refractivity contribution < 1.29 is 23.5 Å². The van der Waals surface area contributed by atoms with Crippen molar-refractivity contribution in [3.05, 3.63) is 29.0 Å². The molecule has 0 radical (unpaired) electrons. The Morgan fingerprint density at radius 1 is 1.28 bits per heavy atom. The highest BCUT2D eigenvalue weighted by Gasteiger charge is 2.37. The van der Waals surface area contributed by atoms with E-state index in [0.29, 0.717) is 5.92 Å². The summed E-state index contributed by atoms with van der Waals surface area (Å²) >= 11 is 5.42. The van der Waals surface area contributed by atoms with Crippen molar-refractivity contribution in [3.63, 3.8) is 0 Å². The standard InChI is InChI=1S/C10H16O2.C8H7ClFNO2/c1-7(11)12-10-6-8-2-4-9(10)5-3-8;9-6-2-1-5(3-7(6)10)13-4-8(11)12/h8-10H,2-6H2,1H3;1-3H,4H2,(H2,11,12). The predicted octanol–water partition coefficient (Wildman–Crippen LogP) is 3.47. The van der Waals surface area contributed by atoms with Gasteiger partial charge in [-0.05, 0) is 56.1 Å². The molecule has 3 fully saturated rings. The van der Waals surface area contributed by atoms with E-state index in [1.54, 1.807) is 0 Å². The smallest absolute Gasteiger partial charge is 0.302 e. The molecule has 1 unspecified atom stereocenters. The summed E-state index contributed by atoms with van der Waals surface area (Å²) in [5, 5.41) is 0.00595. The van der Waals surface area contributed by atoms with Gasteiger partial charge in [0.05, 0.1) is 5.02 Å². The monoisotopic (exact) mass is 371 g/mol. The number of hydrogen-bond acceptors (Lipinski definition) is 4. The Balaban J connectivity index is 0.000000181. The molecule has 1 aromatic carbocycles. The number of halogens is 2. The van der Waals surface area contributed by atoms with Crippen molar-refractivity contribution in [2.24, 2.45) is 17.6 Å². The third kappa shape index (κ3) is 6.20. The first-order valence-corrected chi connectivity index (χ1v) is 8.76. The molecular formula is C18H23ClFNO4. The number of ether oxygens (including phenoxy) is 2. The predicted molar refractivity (Wildman–Crippen MR) is 91.7 cm³/mol. The van der Waals surface area contributed by atoms with E-state index in [9.17, 15) is 14.0 Å². The number of rotatable bonds is 4. The lowest BCUT2D eigenvalue weighted by Crippen LogP contribution is -2.37. The molecule has 3 saturated carbocycles. The van der Waals surface area contributed by atoms with E-state index in [1.165, 1.54) is 44.7 Å². The average Bonchev–Trinajstić information content (AvgIpc) is 2.57. The minimum Gasteiger partial charge on any atom is -0.484 e. The van der Waals surface area contributed by atoms with Crippen molar-refractivity contribution in [2.45, 2.75) is 45.1 Å². The van der Waals surface area contributed by atoms with Crippen molar-refractivity contribution in [2.75, 3.05) is 6.61 Å². The summed E-state index contributed by atoms with van der Waals surface area (Å²) in [7, 11) is 0. The first-order valence-electron chi connectivity index (χ1n) is 8.38. The highest BCUT2D eigenvalue weighted by Crippen LogP contribution is 2.42. The second kappa shape index (κ2) is 9.04. The van der Waals surface area contributed by atoms with Gasteiger partial charge < -0.3 is 15.2 Å². The lowest BCUT2D eigenvalue weighted by molar-refractivity contribution is -0.154. The van der Waals surface area contributed by atoms with Gasteiger partial charge in [-0.3, -0.25) is 9.59 Å². The minimum atomic E-state index is -0.615. The molecule has 2 bridgehead atoms. The molecule has 1 aromatic rings. The van der Waals surface area contributed by atoms with Gasteiger partial charge in [0.1, 0.15) is 17.7 Å². The first kappa shape index (κ1) is 19.5. The van der Waals surface area contributed by atoms with Crippen LogP contribution >= 0.6 is 11.6 Å². The number of esters is 1. The minimum absolute atomic E-state index is 0.00595. The maximum absolute atomic E-state index is 12.8. The molecule has 3 aliphatic rings. The largest absolute Gasteiger partial charge is 0.484 e. The van der Waals surface area contributed by atoms with Crippen LogP contribution in [0.1, 0.15) is 39.0 Å². The summed E-state index contributed by atoms with van der Waals surface area (Å²) in [6, 6.07) is 3.88. The van der Waals surface area contributed by atoms with Crippen LogP contribution < -0.4 is 10.5 Å². The highest BCUT2D eigenvalue weighted by atomic mass is 35.5. The Bertz CT molecular complexity index is 617. The van der Waals surface area contributed by atoms with Gasteiger partial charge in [0, 0.05) is 13.0 Å². The fraction of sp³-hybridized carbons (Fsp3) is 0.556. The molecule has 7 heteroatoms. The summed E-state index contributed by atoms with van der Waals surface area (Å²) in [6.45, 7) is 1.24. The second-order valence-electron chi connectivity index (χ2n) is 6.50. The molecule has 1 atom stereocenters. The fourth-order valence-electron chi connectivity index (χ4n) is 3.40. The molecule has 4 rings (SSSR count). The first-order chi connectivity index (χ1) is 11.8. The van der Waals surface area contributed by atoms with Crippen molar-refractivity contribution in [1.82, 2.24) is 0 Å². The van der Waals surface area contributed by atoms with Crippen LogP contribution in [-0.4, -0.2) is 24.6 Å². The van der Waals surface area contributed by atoms with Gasteiger partial charge >= 0.3 is 5.97 Å². The molecule has 0 aromatic heterocycles. The lowest BCUT2D eigenvalue weighted by atomic mass is 9.69. The summed E-state index contributed by atoms with van der Waals surface area (Å²) in [6.07, 6.45) is 6.68. The van der Waals surface area contributed by atoms with E-state index in [1.807, 2.05) is 0 Å². The summed E-state index contributed by atoms with van der Waals surface area (Å²) in [5.74, 6) is 0.436. The van der Waals surface area contributed by atoms with Crippen LogP contribution in [0.4, 0.5) is 4.39 Å². The molecule has 0 aliphatic heterocycles. The van der Waals surface area contributed by atoms with E-state index in [0.717, 1.165) is 18.4 Å². The van der Waals surface area contributed by atoms with Gasteiger partial charge in [0.2, 0.25) is 0 Å². The molecule has 2 N–H and O–H groups in total. The van der Waals surface area contributed by atoms with Gasteiger partial charge in [0.15, 0.2) is 6.61 Å². The van der Waals surface area contributed by atoms with Crippen LogP contribution in [0.15, 0.2) is 18.2 Å². The van der Waals surface area contributed by atoms with Gasteiger partial charge in [0.25, 0.3) is 5.91 Å². The Hall–Kier alpha value is -1.82. The number of fused-ring (bicyclic) bond motifs is 3. The van der Waals surface area contributed by atoms with Crippen LogP contribution in [-0.2, 0) is 14.3 Å². The number of carbonyl (C=O) groups is 2. The molecule has 0 saturated heterocycles. The molecule has 1 amide bonds. The van der Waals surface area contributed by atoms with Crippen LogP contribution in [0, 0.1) is 17.7 Å². The van der Waals surface area contributed by atoms with Crippen LogP contribution in [0.25, 0.3) is 0 Å². The Labute approximate surface area is 151 Å². The third-order valence-corrected chi connectivity index (χ3v) is 4.88. The number of carbonyl (C=O) groups excluding carboxylic acids is 2. The molecular weight excluding hydrogens is 349 g/mol. The lowest BCUT2D eigenvalue weighted by Gasteiger charge is -2.41. The van der Waals surface area contributed by atoms with E-state index in [4.69, 9.17) is 26.8 Å². The average molecular weight is 372 g/mol. The molecule has 3 aliphatic carbocycles. The molecule has 0 heterocycles. The molecule has 25 heavy (non-hydrogen) atoms. The number of hydrogen-bond donors (Lipinski definition) is 1. The molecule has 0 spiro atoms. The van der Waals surface area contributed by atoms with E-state index in [2.05, 4.69) is 0 Å². The Kier molecular flexibility index (Phi) is 7.05. The van der Waals surface area contributed by atoms with Gasteiger partial charge in [-0.2, -0.15) is 0 Å². The Morgan fingerprint density at radius 3 is 2.44 bits per heavy atom. The maximum atomic E-state index is 12.8. The zero-order valence-corrected chi connectivity index (χ0v) is 14.9. The zero-order valence-electron chi connectivity index (χ0n) is 14.2. The van der Waals surface area contributed by atoms with Crippen molar-refractivity contribution in [3.8, 4) is 5.75 Å². The summed E-state index contributed by atoms with van der Waals surface area (Å²) in [4.78, 5) is 21.1. The molecule has 138 valence electrons. The van der Waals surface area contributed by atoms with Crippen LogP contribution in [0.2, 0.25) is 5.02 Å². The van der Waals surface area contributed by atoms with Gasteiger partial charge in [-0.15, -0.1) is 0 Å². The van der Waals surface area contributed by atoms with Crippen molar-refractivity contribution >= 4 is 23.5 Å². The topological polar surface area (TPSA) is 78.6 Å². The number of amides is 1. The summed E-state index contributed by atoms with van der Waals surface area (Å²) < 4.78 is 22.9. The molecule has 5 nitrogen and oxygen atoms in total. The van der Waals surface area contributed by atoms with Crippen molar-refractivity contribution in [1.29, 1.82) is 0 Å². The van der Waals surface area contributed by atoms with E-state index in [-0.39, 0.29) is 29.5 Å². The Morgan fingerprint density at radius 2 is 1.96 bits per heavy atom.